The van der Waals surface area contributed by atoms with Gasteiger partial charge in [-0.2, -0.15) is 0 Å². The van der Waals surface area contributed by atoms with E-state index in [4.69, 9.17) is 9.84 Å². The summed E-state index contributed by atoms with van der Waals surface area (Å²) in [5.41, 5.74) is -0.447. The molecule has 0 saturated heterocycles. The highest BCUT2D eigenvalue weighted by atomic mass is 16.6. The van der Waals surface area contributed by atoms with Gasteiger partial charge in [0.25, 0.3) is 0 Å². The molecule has 0 atom stereocenters. The van der Waals surface area contributed by atoms with Crippen LogP contribution in [0.1, 0.15) is 58.8 Å². The second-order valence-electron chi connectivity index (χ2n) is 5.75. The molecule has 0 spiro atoms. The molecule has 1 aliphatic carbocycles. The van der Waals surface area contributed by atoms with Gasteiger partial charge >= 0.3 is 12.1 Å². The first kappa shape index (κ1) is 15.8. The summed E-state index contributed by atoms with van der Waals surface area (Å²) in [5.74, 6) is -0.427. The average molecular weight is 271 g/mol. The fraction of sp³-hybridized carbons (Fsp3) is 0.857. The summed E-state index contributed by atoms with van der Waals surface area (Å²) in [6.07, 6.45) is 5.95. The molecule has 0 unspecified atom stereocenters. The summed E-state index contributed by atoms with van der Waals surface area (Å²) in [6, 6.07) is 0. The van der Waals surface area contributed by atoms with E-state index in [1.165, 1.54) is 19.3 Å². The van der Waals surface area contributed by atoms with Gasteiger partial charge in [0.1, 0.15) is 5.60 Å². The van der Waals surface area contributed by atoms with Crippen LogP contribution in [0.5, 0.6) is 0 Å². The Labute approximate surface area is 114 Å². The van der Waals surface area contributed by atoms with Crippen molar-refractivity contribution in [1.82, 2.24) is 5.32 Å². The molecular weight excluding hydrogens is 246 g/mol. The Balaban J connectivity index is 2.27. The number of rotatable bonds is 6. The molecule has 0 aliphatic heterocycles. The summed E-state index contributed by atoms with van der Waals surface area (Å²) in [7, 11) is 0. The van der Waals surface area contributed by atoms with Gasteiger partial charge in [0.2, 0.25) is 0 Å². The number of nitrogens with one attached hydrogen (secondary N) is 1. The zero-order valence-electron chi connectivity index (χ0n) is 11.9. The van der Waals surface area contributed by atoms with Crippen molar-refractivity contribution in [3.05, 3.63) is 0 Å². The Hall–Kier alpha value is -1.26. The highest BCUT2D eigenvalue weighted by Gasteiger charge is 2.33. The number of carbonyl (C=O) groups excluding carboxylic acids is 1. The predicted octanol–water partition coefficient (Wildman–Crippen LogP) is 2.94. The third kappa shape index (κ3) is 5.94. The molecule has 0 aromatic carbocycles. The van der Waals surface area contributed by atoms with Crippen LogP contribution in [0.2, 0.25) is 0 Å². The maximum atomic E-state index is 11.7. The van der Waals surface area contributed by atoms with Crippen molar-refractivity contribution in [3.63, 3.8) is 0 Å². The summed E-state index contributed by atoms with van der Waals surface area (Å²) in [4.78, 5) is 22.0. The molecule has 0 aromatic rings. The van der Waals surface area contributed by atoms with Crippen molar-refractivity contribution >= 4 is 12.1 Å². The van der Waals surface area contributed by atoms with Crippen molar-refractivity contribution in [2.75, 3.05) is 6.54 Å². The van der Waals surface area contributed by atoms with Gasteiger partial charge in [-0.25, -0.2) is 4.79 Å². The number of ether oxygens (including phenoxy) is 1. The standard InChI is InChI=1S/C14H25NO4/c1-14(2,11-7-4-3-5-8-11)19-13(18)15-10-6-9-12(16)17/h11H,3-10H2,1-2H3,(H,15,18)(H,16,17). The zero-order valence-corrected chi connectivity index (χ0v) is 11.9. The minimum Gasteiger partial charge on any atom is -0.481 e. The van der Waals surface area contributed by atoms with Crippen molar-refractivity contribution in [2.45, 2.75) is 64.4 Å². The highest BCUT2D eigenvalue weighted by molar-refractivity contribution is 5.68. The molecule has 0 bridgehead atoms. The number of hydrogen-bond donors (Lipinski definition) is 2. The van der Waals surface area contributed by atoms with E-state index in [1.54, 1.807) is 0 Å². The fourth-order valence-corrected chi connectivity index (χ4v) is 2.59. The molecule has 1 aliphatic rings. The second kappa shape index (κ2) is 7.36. The minimum absolute atomic E-state index is 0.0618. The minimum atomic E-state index is -0.849. The number of hydrogen-bond acceptors (Lipinski definition) is 3. The maximum Gasteiger partial charge on any atom is 0.407 e. The Morgan fingerprint density at radius 3 is 2.47 bits per heavy atom. The Bertz CT molecular complexity index is 309. The third-order valence-corrected chi connectivity index (χ3v) is 3.78. The summed E-state index contributed by atoms with van der Waals surface area (Å²) in [5, 5.41) is 11.1. The van der Waals surface area contributed by atoms with Crippen LogP contribution in [0.15, 0.2) is 0 Å². The van der Waals surface area contributed by atoms with Gasteiger partial charge in [-0.05, 0) is 39.0 Å². The molecule has 1 rings (SSSR count). The molecule has 1 saturated carbocycles. The molecule has 5 nitrogen and oxygen atoms in total. The number of alkyl carbamates (subject to hydrolysis) is 1. The Kier molecular flexibility index (Phi) is 6.12. The first-order chi connectivity index (χ1) is 8.92. The van der Waals surface area contributed by atoms with Crippen LogP contribution in [0.3, 0.4) is 0 Å². The van der Waals surface area contributed by atoms with Crippen LogP contribution in [-0.4, -0.2) is 29.3 Å². The zero-order chi connectivity index (χ0) is 14.3. The first-order valence-electron chi connectivity index (χ1n) is 7.10. The molecule has 0 heterocycles. The lowest BCUT2D eigenvalue weighted by molar-refractivity contribution is -0.137. The summed E-state index contributed by atoms with van der Waals surface area (Å²) >= 11 is 0. The van der Waals surface area contributed by atoms with Crippen LogP contribution < -0.4 is 5.32 Å². The van der Waals surface area contributed by atoms with Crippen LogP contribution in [0.25, 0.3) is 0 Å². The summed E-state index contributed by atoms with van der Waals surface area (Å²) < 4.78 is 5.49. The second-order valence-corrected chi connectivity index (χ2v) is 5.75. The van der Waals surface area contributed by atoms with E-state index in [2.05, 4.69) is 5.32 Å². The number of carboxylic acids is 1. The van der Waals surface area contributed by atoms with E-state index in [0.29, 0.717) is 18.9 Å². The lowest BCUT2D eigenvalue weighted by Crippen LogP contribution is -2.41. The van der Waals surface area contributed by atoms with Crippen LogP contribution in [-0.2, 0) is 9.53 Å². The number of amides is 1. The molecule has 0 radical (unpaired) electrons. The van der Waals surface area contributed by atoms with Gasteiger partial charge in [-0.1, -0.05) is 19.3 Å². The number of aliphatic carboxylic acids is 1. The highest BCUT2D eigenvalue weighted by Crippen LogP contribution is 2.34. The van der Waals surface area contributed by atoms with Gasteiger partial charge in [0.15, 0.2) is 0 Å². The van der Waals surface area contributed by atoms with E-state index >= 15 is 0 Å². The monoisotopic (exact) mass is 271 g/mol. The van der Waals surface area contributed by atoms with E-state index < -0.39 is 17.7 Å². The maximum absolute atomic E-state index is 11.7. The third-order valence-electron chi connectivity index (χ3n) is 3.78. The molecule has 0 aromatic heterocycles. The molecule has 1 fully saturated rings. The smallest absolute Gasteiger partial charge is 0.407 e. The van der Waals surface area contributed by atoms with Crippen molar-refractivity contribution in [3.8, 4) is 0 Å². The van der Waals surface area contributed by atoms with Crippen molar-refractivity contribution < 1.29 is 19.4 Å². The predicted molar refractivity (Wildman–Crippen MR) is 72.0 cm³/mol. The first-order valence-corrected chi connectivity index (χ1v) is 7.10. The molecule has 1 amide bonds. The number of carboxylic acid groups (broad SMARTS) is 1. The van der Waals surface area contributed by atoms with E-state index in [0.717, 1.165) is 12.8 Å². The van der Waals surface area contributed by atoms with Crippen LogP contribution in [0.4, 0.5) is 4.79 Å². The van der Waals surface area contributed by atoms with Crippen molar-refractivity contribution in [2.24, 2.45) is 5.92 Å². The SMILES string of the molecule is CC(C)(OC(=O)NCCCC(=O)O)C1CCCCC1. The van der Waals surface area contributed by atoms with Gasteiger partial charge < -0.3 is 15.2 Å². The van der Waals surface area contributed by atoms with Gasteiger partial charge in [0, 0.05) is 13.0 Å². The normalized spacial score (nSPS) is 16.9. The van der Waals surface area contributed by atoms with Gasteiger partial charge in [0.05, 0.1) is 0 Å². The summed E-state index contributed by atoms with van der Waals surface area (Å²) in [6.45, 7) is 4.26. The van der Waals surface area contributed by atoms with Gasteiger partial charge in [-0.15, -0.1) is 0 Å². The fourth-order valence-electron chi connectivity index (χ4n) is 2.59. The Morgan fingerprint density at radius 1 is 1.26 bits per heavy atom. The lowest BCUT2D eigenvalue weighted by atomic mass is 9.79. The largest absolute Gasteiger partial charge is 0.481 e. The molecule has 110 valence electrons. The van der Waals surface area contributed by atoms with Gasteiger partial charge in [-0.3, -0.25) is 4.79 Å². The average Bonchev–Trinajstić information content (AvgIpc) is 2.35. The quantitative estimate of drug-likeness (QED) is 0.728. The molecule has 5 heteroatoms. The van der Waals surface area contributed by atoms with E-state index in [-0.39, 0.29) is 6.42 Å². The molecular formula is C14H25NO4. The number of carbonyl (C=O) groups is 2. The lowest BCUT2D eigenvalue weighted by Gasteiger charge is -2.36. The van der Waals surface area contributed by atoms with Crippen molar-refractivity contribution in [1.29, 1.82) is 0 Å². The molecule has 2 N–H and O–H groups in total. The van der Waals surface area contributed by atoms with Crippen LogP contribution >= 0.6 is 0 Å². The van der Waals surface area contributed by atoms with Crippen LogP contribution in [0, 0.1) is 5.92 Å². The van der Waals surface area contributed by atoms with E-state index in [1.807, 2.05) is 13.8 Å². The topological polar surface area (TPSA) is 75.6 Å². The van der Waals surface area contributed by atoms with E-state index in [9.17, 15) is 9.59 Å². The Morgan fingerprint density at radius 2 is 1.89 bits per heavy atom. The molecule has 19 heavy (non-hydrogen) atoms.